The smallest absolute Gasteiger partial charge is 0.122 e. The number of rotatable bonds is 4. The highest BCUT2D eigenvalue weighted by Crippen LogP contribution is 2.26. The number of ether oxygens (including phenoxy) is 1. The molecule has 0 aliphatic carbocycles. The first-order valence-corrected chi connectivity index (χ1v) is 6.33. The van der Waals surface area contributed by atoms with Gasteiger partial charge < -0.3 is 10.5 Å². The van der Waals surface area contributed by atoms with Gasteiger partial charge in [-0.2, -0.15) is 0 Å². The van der Waals surface area contributed by atoms with E-state index in [1.807, 2.05) is 43.3 Å². The molecule has 0 aromatic heterocycles. The quantitative estimate of drug-likeness (QED) is 0.847. The van der Waals surface area contributed by atoms with Gasteiger partial charge in [-0.05, 0) is 42.3 Å². The van der Waals surface area contributed by atoms with Crippen LogP contribution < -0.4 is 10.5 Å². The number of para-hydroxylation sites is 1. The lowest BCUT2D eigenvalue weighted by molar-refractivity contribution is 0.337. The van der Waals surface area contributed by atoms with Crippen LogP contribution in [0.1, 0.15) is 18.1 Å². The van der Waals surface area contributed by atoms with Crippen LogP contribution >= 0.6 is 11.6 Å². The van der Waals surface area contributed by atoms with Gasteiger partial charge in [0.05, 0.1) is 6.61 Å². The highest BCUT2D eigenvalue weighted by molar-refractivity contribution is 6.31. The molecule has 2 rings (SSSR count). The summed E-state index contributed by atoms with van der Waals surface area (Å²) >= 11 is 6.18. The van der Waals surface area contributed by atoms with E-state index in [9.17, 15) is 0 Å². The SMILES string of the molecule is CCOc1ccccc1Cc1cc(N)ccc1Cl. The van der Waals surface area contributed by atoms with E-state index in [2.05, 4.69) is 0 Å². The van der Waals surface area contributed by atoms with Gasteiger partial charge >= 0.3 is 0 Å². The van der Waals surface area contributed by atoms with E-state index in [-0.39, 0.29) is 0 Å². The Hall–Kier alpha value is -1.67. The predicted octanol–water partition coefficient (Wildman–Crippen LogP) is 3.91. The largest absolute Gasteiger partial charge is 0.494 e. The average molecular weight is 262 g/mol. The zero-order valence-corrected chi connectivity index (χ0v) is 11.1. The standard InChI is InChI=1S/C15H16ClNO/c1-2-18-15-6-4-3-5-11(15)9-12-10-13(17)7-8-14(12)16/h3-8,10H,2,9,17H2,1H3. The molecule has 0 fully saturated rings. The van der Waals surface area contributed by atoms with E-state index < -0.39 is 0 Å². The Morgan fingerprint density at radius 2 is 1.89 bits per heavy atom. The summed E-state index contributed by atoms with van der Waals surface area (Å²) in [6, 6.07) is 13.5. The molecular weight excluding hydrogens is 246 g/mol. The minimum atomic E-state index is 0.654. The molecule has 94 valence electrons. The van der Waals surface area contributed by atoms with Gasteiger partial charge in [-0.25, -0.2) is 0 Å². The summed E-state index contributed by atoms with van der Waals surface area (Å²) < 4.78 is 5.60. The number of nitrogens with two attached hydrogens (primary N) is 1. The molecule has 2 aromatic rings. The molecule has 2 nitrogen and oxygen atoms in total. The molecule has 0 bridgehead atoms. The maximum absolute atomic E-state index is 6.18. The van der Waals surface area contributed by atoms with Gasteiger partial charge in [0.15, 0.2) is 0 Å². The van der Waals surface area contributed by atoms with E-state index >= 15 is 0 Å². The molecular formula is C15H16ClNO. The fourth-order valence-electron chi connectivity index (χ4n) is 1.88. The summed E-state index contributed by atoms with van der Waals surface area (Å²) in [6.07, 6.45) is 0.722. The minimum absolute atomic E-state index is 0.654. The van der Waals surface area contributed by atoms with Crippen molar-refractivity contribution >= 4 is 17.3 Å². The molecule has 0 saturated carbocycles. The number of anilines is 1. The summed E-state index contributed by atoms with van der Waals surface area (Å²) in [4.78, 5) is 0. The van der Waals surface area contributed by atoms with Crippen LogP contribution in [0.25, 0.3) is 0 Å². The van der Waals surface area contributed by atoms with Gasteiger partial charge in [0.25, 0.3) is 0 Å². The summed E-state index contributed by atoms with van der Waals surface area (Å²) in [5, 5.41) is 0.732. The van der Waals surface area contributed by atoms with Gasteiger partial charge in [-0.1, -0.05) is 29.8 Å². The van der Waals surface area contributed by atoms with Crippen LogP contribution in [0.2, 0.25) is 5.02 Å². The van der Waals surface area contributed by atoms with E-state index in [0.717, 1.165) is 34.0 Å². The van der Waals surface area contributed by atoms with Crippen LogP contribution in [0.15, 0.2) is 42.5 Å². The summed E-state index contributed by atoms with van der Waals surface area (Å²) in [5.74, 6) is 0.901. The molecule has 0 atom stereocenters. The van der Waals surface area contributed by atoms with Crippen molar-refractivity contribution in [1.29, 1.82) is 0 Å². The molecule has 0 aliphatic heterocycles. The average Bonchev–Trinajstić information content (AvgIpc) is 2.36. The molecule has 0 radical (unpaired) electrons. The number of halogens is 1. The lowest BCUT2D eigenvalue weighted by Crippen LogP contribution is -1.98. The second kappa shape index (κ2) is 5.78. The second-order valence-electron chi connectivity index (χ2n) is 4.07. The third-order valence-corrected chi connectivity index (χ3v) is 3.09. The van der Waals surface area contributed by atoms with E-state index in [0.29, 0.717) is 6.61 Å². The Balaban J connectivity index is 2.30. The third kappa shape index (κ3) is 2.96. The number of nitrogen functional groups attached to an aromatic ring is 1. The van der Waals surface area contributed by atoms with Crippen molar-refractivity contribution in [2.45, 2.75) is 13.3 Å². The molecule has 0 spiro atoms. The van der Waals surface area contributed by atoms with E-state index in [1.165, 1.54) is 0 Å². The van der Waals surface area contributed by atoms with Crippen molar-refractivity contribution < 1.29 is 4.74 Å². The Morgan fingerprint density at radius 3 is 2.67 bits per heavy atom. The fraction of sp³-hybridized carbons (Fsp3) is 0.200. The van der Waals surface area contributed by atoms with Crippen LogP contribution in [-0.4, -0.2) is 6.61 Å². The normalized spacial score (nSPS) is 10.3. The van der Waals surface area contributed by atoms with Crippen LogP contribution in [-0.2, 0) is 6.42 Å². The molecule has 3 heteroatoms. The van der Waals surface area contributed by atoms with Crippen LogP contribution in [0.5, 0.6) is 5.75 Å². The monoisotopic (exact) mass is 261 g/mol. The minimum Gasteiger partial charge on any atom is -0.494 e. The van der Waals surface area contributed by atoms with Crippen LogP contribution in [0.3, 0.4) is 0 Å². The molecule has 0 unspecified atom stereocenters. The van der Waals surface area contributed by atoms with Crippen LogP contribution in [0.4, 0.5) is 5.69 Å². The van der Waals surface area contributed by atoms with Crippen molar-refractivity contribution in [2.24, 2.45) is 0 Å². The van der Waals surface area contributed by atoms with Crippen molar-refractivity contribution in [1.82, 2.24) is 0 Å². The zero-order chi connectivity index (χ0) is 13.0. The summed E-state index contributed by atoms with van der Waals surface area (Å²) in [7, 11) is 0. The van der Waals surface area contributed by atoms with Crippen molar-refractivity contribution in [2.75, 3.05) is 12.3 Å². The molecule has 0 heterocycles. The maximum Gasteiger partial charge on any atom is 0.122 e. The van der Waals surface area contributed by atoms with Gasteiger partial charge in [-0.15, -0.1) is 0 Å². The molecule has 0 saturated heterocycles. The number of hydrogen-bond donors (Lipinski definition) is 1. The first kappa shape index (κ1) is 12.8. The Bertz CT molecular complexity index is 540. The molecule has 2 N–H and O–H groups in total. The Labute approximate surface area is 112 Å². The predicted molar refractivity (Wildman–Crippen MR) is 76.3 cm³/mol. The first-order chi connectivity index (χ1) is 8.70. The van der Waals surface area contributed by atoms with E-state index in [4.69, 9.17) is 22.1 Å². The second-order valence-corrected chi connectivity index (χ2v) is 4.48. The molecule has 0 amide bonds. The molecule has 18 heavy (non-hydrogen) atoms. The lowest BCUT2D eigenvalue weighted by Gasteiger charge is -2.11. The van der Waals surface area contributed by atoms with Crippen molar-refractivity contribution in [3.05, 3.63) is 58.6 Å². The lowest BCUT2D eigenvalue weighted by atomic mass is 10.0. The Kier molecular flexibility index (Phi) is 4.11. The Morgan fingerprint density at radius 1 is 1.11 bits per heavy atom. The number of benzene rings is 2. The van der Waals surface area contributed by atoms with Crippen LogP contribution in [0, 0.1) is 0 Å². The van der Waals surface area contributed by atoms with Gasteiger partial charge in [0, 0.05) is 17.1 Å². The first-order valence-electron chi connectivity index (χ1n) is 5.95. The molecule has 0 aliphatic rings. The third-order valence-electron chi connectivity index (χ3n) is 2.72. The maximum atomic E-state index is 6.18. The van der Waals surface area contributed by atoms with Gasteiger partial charge in [0.1, 0.15) is 5.75 Å². The summed E-state index contributed by atoms with van der Waals surface area (Å²) in [6.45, 7) is 2.63. The van der Waals surface area contributed by atoms with Gasteiger partial charge in [0.2, 0.25) is 0 Å². The van der Waals surface area contributed by atoms with E-state index in [1.54, 1.807) is 6.07 Å². The topological polar surface area (TPSA) is 35.2 Å². The number of hydrogen-bond acceptors (Lipinski definition) is 2. The molecule has 2 aromatic carbocycles. The highest BCUT2D eigenvalue weighted by atomic mass is 35.5. The fourth-order valence-corrected chi connectivity index (χ4v) is 2.07. The van der Waals surface area contributed by atoms with Gasteiger partial charge in [-0.3, -0.25) is 0 Å². The summed E-state index contributed by atoms with van der Waals surface area (Å²) in [5.41, 5.74) is 8.65. The highest BCUT2D eigenvalue weighted by Gasteiger charge is 2.07. The van der Waals surface area contributed by atoms with Crippen molar-refractivity contribution in [3.63, 3.8) is 0 Å². The van der Waals surface area contributed by atoms with Crippen molar-refractivity contribution in [3.8, 4) is 5.75 Å². The zero-order valence-electron chi connectivity index (χ0n) is 10.3.